The van der Waals surface area contributed by atoms with E-state index in [0.717, 1.165) is 31.6 Å². The number of piperazine rings is 1. The van der Waals surface area contributed by atoms with Crippen molar-refractivity contribution >= 4 is 23.7 Å². The maximum absolute atomic E-state index is 12.8. The molecule has 1 aliphatic carbocycles. The molecule has 4 rings (SSSR count). The number of nitrogens with zero attached hydrogens (tertiary/aromatic N) is 2. The molecule has 0 spiro atoms. The summed E-state index contributed by atoms with van der Waals surface area (Å²) in [5.41, 5.74) is 2.94. The van der Waals surface area contributed by atoms with Gasteiger partial charge in [-0.05, 0) is 36.1 Å². The number of anilines is 2. The fourth-order valence-corrected chi connectivity index (χ4v) is 3.85. The first-order valence-corrected chi connectivity index (χ1v) is 9.67. The Bertz CT molecular complexity index is 847. The van der Waals surface area contributed by atoms with Gasteiger partial charge in [0.05, 0.1) is 12.8 Å². The van der Waals surface area contributed by atoms with Crippen molar-refractivity contribution in [1.82, 2.24) is 4.90 Å². The molecule has 1 saturated heterocycles. The van der Waals surface area contributed by atoms with Gasteiger partial charge in [0.25, 0.3) is 0 Å². The van der Waals surface area contributed by atoms with Crippen molar-refractivity contribution in [2.75, 3.05) is 43.5 Å². The zero-order valence-corrected chi connectivity index (χ0v) is 16.0. The van der Waals surface area contributed by atoms with Crippen LogP contribution in [-0.2, 0) is 9.59 Å². The molecule has 2 unspecified atom stereocenters. The molecule has 1 aliphatic heterocycles. The highest BCUT2D eigenvalue weighted by Crippen LogP contribution is 2.48. The van der Waals surface area contributed by atoms with E-state index in [-0.39, 0.29) is 11.8 Å². The number of carbonyl (C=O) groups excluding carboxylic acids is 2. The molecule has 0 bridgehead atoms. The van der Waals surface area contributed by atoms with Gasteiger partial charge in [0.1, 0.15) is 5.75 Å². The third kappa shape index (κ3) is 3.81. The third-order valence-electron chi connectivity index (χ3n) is 5.62. The molecule has 2 fully saturated rings. The summed E-state index contributed by atoms with van der Waals surface area (Å²) < 4.78 is 5.45. The second-order valence-electron chi connectivity index (χ2n) is 7.36. The van der Waals surface area contributed by atoms with E-state index in [1.807, 2.05) is 36.4 Å². The summed E-state index contributed by atoms with van der Waals surface area (Å²) in [6.07, 6.45) is 1.78. The van der Waals surface area contributed by atoms with E-state index in [4.69, 9.17) is 4.74 Å². The van der Waals surface area contributed by atoms with Gasteiger partial charge in [-0.15, -0.1) is 0 Å². The maximum atomic E-state index is 12.8. The van der Waals surface area contributed by atoms with Crippen LogP contribution in [0.3, 0.4) is 0 Å². The Kier molecular flexibility index (Phi) is 5.19. The lowest BCUT2D eigenvalue weighted by molar-refractivity contribution is -0.118. The average molecular weight is 379 g/mol. The molecule has 2 aromatic carbocycles. The van der Waals surface area contributed by atoms with Crippen LogP contribution < -0.4 is 15.0 Å². The molecule has 2 amide bonds. The predicted octanol–water partition coefficient (Wildman–Crippen LogP) is 2.72. The van der Waals surface area contributed by atoms with Gasteiger partial charge in [-0.1, -0.05) is 30.3 Å². The van der Waals surface area contributed by atoms with Crippen molar-refractivity contribution in [2.45, 2.75) is 12.3 Å². The molecule has 1 heterocycles. The first-order valence-electron chi connectivity index (χ1n) is 9.67. The Morgan fingerprint density at radius 1 is 1.11 bits per heavy atom. The quantitative estimate of drug-likeness (QED) is 0.784. The average Bonchev–Trinajstić information content (AvgIpc) is 3.55. The first-order chi connectivity index (χ1) is 13.7. The number of amides is 2. The fraction of sp³-hybridized carbons (Fsp3) is 0.364. The van der Waals surface area contributed by atoms with E-state index in [9.17, 15) is 9.59 Å². The van der Waals surface area contributed by atoms with Gasteiger partial charge < -0.3 is 19.9 Å². The first kappa shape index (κ1) is 18.3. The van der Waals surface area contributed by atoms with Crippen LogP contribution in [0.25, 0.3) is 0 Å². The highest BCUT2D eigenvalue weighted by molar-refractivity contribution is 5.97. The zero-order chi connectivity index (χ0) is 19.5. The summed E-state index contributed by atoms with van der Waals surface area (Å²) in [7, 11) is 1.61. The van der Waals surface area contributed by atoms with Crippen LogP contribution in [0.1, 0.15) is 17.9 Å². The number of benzene rings is 2. The Morgan fingerprint density at radius 2 is 1.86 bits per heavy atom. The number of ether oxygens (including phenoxy) is 1. The topological polar surface area (TPSA) is 61.9 Å². The van der Waals surface area contributed by atoms with Crippen molar-refractivity contribution in [3.8, 4) is 5.75 Å². The Hall–Kier alpha value is -3.02. The number of rotatable bonds is 6. The third-order valence-corrected chi connectivity index (χ3v) is 5.62. The van der Waals surface area contributed by atoms with Crippen molar-refractivity contribution in [3.05, 3.63) is 54.1 Å². The lowest BCUT2D eigenvalue weighted by Gasteiger charge is -2.34. The fourth-order valence-electron chi connectivity index (χ4n) is 3.85. The summed E-state index contributed by atoms with van der Waals surface area (Å²) in [6, 6.07) is 16.0. The number of methoxy groups -OCH3 is 1. The molecule has 6 nitrogen and oxygen atoms in total. The molecule has 0 radical (unpaired) electrons. The Morgan fingerprint density at radius 3 is 2.54 bits per heavy atom. The van der Waals surface area contributed by atoms with Gasteiger partial charge in [-0.2, -0.15) is 0 Å². The van der Waals surface area contributed by atoms with E-state index in [1.165, 1.54) is 5.56 Å². The Balaban J connectivity index is 1.45. The van der Waals surface area contributed by atoms with Gasteiger partial charge in [0.2, 0.25) is 12.3 Å². The van der Waals surface area contributed by atoms with Crippen LogP contribution >= 0.6 is 0 Å². The maximum Gasteiger partial charge on any atom is 0.228 e. The van der Waals surface area contributed by atoms with Gasteiger partial charge in [0.15, 0.2) is 0 Å². The summed E-state index contributed by atoms with van der Waals surface area (Å²) in [4.78, 5) is 27.7. The van der Waals surface area contributed by atoms with E-state index < -0.39 is 0 Å². The van der Waals surface area contributed by atoms with Crippen LogP contribution in [0, 0.1) is 5.92 Å². The highest BCUT2D eigenvalue weighted by Gasteiger charge is 2.44. The van der Waals surface area contributed by atoms with Gasteiger partial charge in [0, 0.05) is 37.8 Å². The molecule has 6 heteroatoms. The van der Waals surface area contributed by atoms with E-state index in [2.05, 4.69) is 22.3 Å². The largest absolute Gasteiger partial charge is 0.495 e. The second kappa shape index (κ2) is 7.92. The van der Waals surface area contributed by atoms with E-state index in [1.54, 1.807) is 12.0 Å². The number of hydrogen-bond donors (Lipinski definition) is 1. The van der Waals surface area contributed by atoms with Crippen LogP contribution in [0.4, 0.5) is 11.4 Å². The van der Waals surface area contributed by atoms with Gasteiger partial charge in [-0.3, -0.25) is 9.59 Å². The van der Waals surface area contributed by atoms with E-state index in [0.29, 0.717) is 30.4 Å². The molecular weight excluding hydrogens is 354 g/mol. The number of carbonyl (C=O) groups is 2. The smallest absolute Gasteiger partial charge is 0.228 e. The second-order valence-corrected chi connectivity index (χ2v) is 7.36. The Labute approximate surface area is 165 Å². The lowest BCUT2D eigenvalue weighted by atomic mass is 10.1. The molecule has 1 saturated carbocycles. The van der Waals surface area contributed by atoms with Crippen molar-refractivity contribution in [1.29, 1.82) is 0 Å². The molecule has 2 aromatic rings. The molecule has 2 aliphatic rings. The van der Waals surface area contributed by atoms with Gasteiger partial charge >= 0.3 is 0 Å². The molecule has 0 aromatic heterocycles. The van der Waals surface area contributed by atoms with Crippen LogP contribution in [0.2, 0.25) is 0 Å². The van der Waals surface area contributed by atoms with Crippen molar-refractivity contribution in [3.63, 3.8) is 0 Å². The van der Waals surface area contributed by atoms with Crippen LogP contribution in [0.15, 0.2) is 48.5 Å². The van der Waals surface area contributed by atoms with Crippen molar-refractivity contribution in [2.24, 2.45) is 5.92 Å². The van der Waals surface area contributed by atoms with Crippen LogP contribution in [-0.4, -0.2) is 50.5 Å². The minimum atomic E-state index is 0.00639. The lowest BCUT2D eigenvalue weighted by Crippen LogP contribution is -2.45. The molecule has 28 heavy (non-hydrogen) atoms. The highest BCUT2D eigenvalue weighted by atomic mass is 16.5. The predicted molar refractivity (Wildman–Crippen MR) is 109 cm³/mol. The summed E-state index contributed by atoms with van der Waals surface area (Å²) >= 11 is 0. The summed E-state index contributed by atoms with van der Waals surface area (Å²) in [5.74, 6) is 0.995. The molecule has 146 valence electrons. The monoisotopic (exact) mass is 379 g/mol. The van der Waals surface area contributed by atoms with Crippen molar-refractivity contribution < 1.29 is 14.3 Å². The number of nitrogens with one attached hydrogen (secondary N) is 1. The molecule has 1 N–H and O–H groups in total. The van der Waals surface area contributed by atoms with Gasteiger partial charge in [-0.25, -0.2) is 0 Å². The normalized spacial score (nSPS) is 21.2. The van der Waals surface area contributed by atoms with E-state index >= 15 is 0 Å². The minimum Gasteiger partial charge on any atom is -0.495 e. The zero-order valence-electron chi connectivity index (χ0n) is 16.0. The minimum absolute atomic E-state index is 0.00639. The standard InChI is InChI=1S/C22H25N3O3/c1-28-21-8-7-17(25-11-9-24(15-26)10-12-25)13-20(21)23-22(27)19-14-18(19)16-5-3-2-4-6-16/h2-8,13,15,18-19H,9-12,14H2,1H3,(H,23,27). The molecular formula is C22H25N3O3. The summed E-state index contributed by atoms with van der Waals surface area (Å²) in [6.45, 7) is 2.96. The number of hydrogen-bond acceptors (Lipinski definition) is 4. The summed E-state index contributed by atoms with van der Waals surface area (Å²) in [5, 5.41) is 3.07. The SMILES string of the molecule is COc1ccc(N2CCN(C=O)CC2)cc1NC(=O)C1CC1c1ccccc1. The van der Waals surface area contributed by atoms with Crippen LogP contribution in [0.5, 0.6) is 5.75 Å². The molecule has 2 atom stereocenters.